The number of rotatable bonds is 5. The largest absolute Gasteiger partial charge is 0.417 e. The minimum atomic E-state index is -1.76. The molecule has 6 rings (SSSR count). The highest BCUT2D eigenvalue weighted by Crippen LogP contribution is 2.82. The van der Waals surface area contributed by atoms with Crippen LogP contribution in [0.3, 0.4) is 0 Å². The lowest BCUT2D eigenvalue weighted by Gasteiger charge is -2.64. The number of carbonyl (C=O) groups excluding carboxylic acids is 1. The van der Waals surface area contributed by atoms with E-state index in [9.17, 15) is 15.0 Å². The quantitative estimate of drug-likeness (QED) is 0.360. The highest BCUT2D eigenvalue weighted by Gasteiger charge is 2.81. The molecule has 0 aromatic heterocycles. The minimum Gasteiger partial charge on any atom is -0.417 e. The Morgan fingerprint density at radius 2 is 1.69 bits per heavy atom. The Balaban J connectivity index is 1.22. The zero-order chi connectivity index (χ0) is 25.4. The van der Waals surface area contributed by atoms with Crippen molar-refractivity contribution in [1.82, 2.24) is 0 Å². The van der Waals surface area contributed by atoms with E-state index in [4.69, 9.17) is 4.43 Å². The third-order valence-electron chi connectivity index (χ3n) is 13.6. The Hall–Kier alpha value is -0.233. The molecule has 35 heavy (non-hydrogen) atoms. The fourth-order valence-corrected chi connectivity index (χ4v) is 11.5. The highest BCUT2D eigenvalue weighted by atomic mass is 28.4. The molecule has 0 amide bonds. The van der Waals surface area contributed by atoms with Crippen LogP contribution in [-0.4, -0.2) is 42.1 Å². The van der Waals surface area contributed by atoms with Gasteiger partial charge in [0.15, 0.2) is 8.32 Å². The van der Waals surface area contributed by atoms with Crippen LogP contribution >= 0.6 is 0 Å². The smallest absolute Gasteiger partial charge is 0.191 e. The zero-order valence-electron chi connectivity index (χ0n) is 23.3. The number of ketones is 1. The summed E-state index contributed by atoms with van der Waals surface area (Å²) in [6, 6.07) is 0. The Bertz CT molecular complexity index is 926. The van der Waals surface area contributed by atoms with Gasteiger partial charge in [-0.25, -0.2) is 0 Å². The maximum Gasteiger partial charge on any atom is 0.191 e. The summed E-state index contributed by atoms with van der Waals surface area (Å²) in [6.45, 7) is 17.1. The number of Topliss-reactive ketones (excluding diaryl/α,β-unsaturated/α-hetero) is 1. The standard InChI is InChI=1S/C30H50O4Si/c1-26(2,3)35(6,7)34-14-8-11-29(32)23-16-20(23)25-24-19-15-22(19)30(33)17-18(31)9-12-27(30,4)21(24)10-13-28(25,29)5/h19-25,32-33H,8-17H2,1-7H3. The number of aliphatic hydroxyl groups is 2. The molecule has 0 saturated heterocycles. The van der Waals surface area contributed by atoms with Crippen LogP contribution in [0.2, 0.25) is 18.1 Å². The summed E-state index contributed by atoms with van der Waals surface area (Å²) >= 11 is 0. The summed E-state index contributed by atoms with van der Waals surface area (Å²) in [7, 11) is -1.76. The van der Waals surface area contributed by atoms with Crippen LogP contribution in [0.4, 0.5) is 0 Å². The molecule has 11 atom stereocenters. The highest BCUT2D eigenvalue weighted by molar-refractivity contribution is 6.74. The number of hydrogen-bond acceptors (Lipinski definition) is 4. The van der Waals surface area contributed by atoms with E-state index in [0.29, 0.717) is 54.3 Å². The molecular formula is C30H50O4Si. The second kappa shape index (κ2) is 7.24. The third-order valence-corrected chi connectivity index (χ3v) is 18.1. The predicted octanol–water partition coefficient (Wildman–Crippen LogP) is 5.96. The maximum atomic E-state index is 12.4. The fraction of sp³-hybridized carbons (Fsp3) is 0.967. The molecular weight excluding hydrogens is 452 g/mol. The van der Waals surface area contributed by atoms with Crippen molar-refractivity contribution in [2.75, 3.05) is 6.61 Å². The van der Waals surface area contributed by atoms with Crippen molar-refractivity contribution in [3.63, 3.8) is 0 Å². The number of hydrogen-bond donors (Lipinski definition) is 2. The Labute approximate surface area is 214 Å². The average molecular weight is 503 g/mol. The molecule has 0 aromatic rings. The molecule has 11 unspecified atom stereocenters. The second-order valence-corrected chi connectivity index (χ2v) is 20.7. The van der Waals surface area contributed by atoms with Gasteiger partial charge < -0.3 is 14.6 Å². The molecule has 0 radical (unpaired) electrons. The molecule has 5 heteroatoms. The van der Waals surface area contributed by atoms with Gasteiger partial charge in [-0.15, -0.1) is 0 Å². The number of carbonyl (C=O) groups is 1. The summed E-state index contributed by atoms with van der Waals surface area (Å²) in [5.41, 5.74) is -1.48. The molecule has 0 heterocycles. The molecule has 198 valence electrons. The first-order chi connectivity index (χ1) is 16.1. The van der Waals surface area contributed by atoms with Crippen LogP contribution in [-0.2, 0) is 9.22 Å². The Morgan fingerprint density at radius 1 is 1.00 bits per heavy atom. The van der Waals surface area contributed by atoms with Crippen molar-refractivity contribution in [1.29, 1.82) is 0 Å². The summed E-state index contributed by atoms with van der Waals surface area (Å²) < 4.78 is 6.49. The molecule has 4 nitrogen and oxygen atoms in total. The van der Waals surface area contributed by atoms with E-state index in [0.717, 1.165) is 45.1 Å². The lowest BCUT2D eigenvalue weighted by molar-refractivity contribution is -0.223. The lowest BCUT2D eigenvalue weighted by atomic mass is 9.42. The van der Waals surface area contributed by atoms with E-state index in [2.05, 4.69) is 47.7 Å². The zero-order valence-corrected chi connectivity index (χ0v) is 24.3. The third kappa shape index (κ3) is 3.10. The molecule has 6 aliphatic rings. The van der Waals surface area contributed by atoms with Gasteiger partial charge in [-0.1, -0.05) is 34.6 Å². The first-order valence-electron chi connectivity index (χ1n) is 14.7. The van der Waals surface area contributed by atoms with E-state index >= 15 is 0 Å². The minimum absolute atomic E-state index is 0.0117. The SMILES string of the molecule is CC12CCC(=O)CC1(O)C1CC1C1C2CCC2(C)C1C1CC1C2(O)CCCO[Si](C)(C)C(C)(C)C. The van der Waals surface area contributed by atoms with Gasteiger partial charge >= 0.3 is 0 Å². The molecule has 0 bridgehead atoms. The average Bonchev–Trinajstić information content (AvgIpc) is 3.65. The monoisotopic (exact) mass is 502 g/mol. The van der Waals surface area contributed by atoms with Crippen molar-refractivity contribution < 1.29 is 19.4 Å². The van der Waals surface area contributed by atoms with Crippen molar-refractivity contribution >= 4 is 14.1 Å². The maximum absolute atomic E-state index is 12.4. The normalized spacial score (nSPS) is 54.3. The molecule has 0 spiro atoms. The van der Waals surface area contributed by atoms with Crippen LogP contribution in [0.25, 0.3) is 0 Å². The van der Waals surface area contributed by atoms with Gasteiger partial charge in [0.1, 0.15) is 5.78 Å². The van der Waals surface area contributed by atoms with E-state index < -0.39 is 19.5 Å². The molecule has 0 aromatic carbocycles. The Kier molecular flexibility index (Phi) is 5.18. The van der Waals surface area contributed by atoms with E-state index in [-0.39, 0.29) is 21.7 Å². The molecule has 6 fully saturated rings. The van der Waals surface area contributed by atoms with Crippen molar-refractivity contribution in [2.45, 2.75) is 122 Å². The van der Waals surface area contributed by atoms with Crippen molar-refractivity contribution in [3.05, 3.63) is 0 Å². The topological polar surface area (TPSA) is 66.8 Å². The summed E-state index contributed by atoms with van der Waals surface area (Å²) in [4.78, 5) is 12.4. The Morgan fingerprint density at radius 3 is 2.37 bits per heavy atom. The van der Waals surface area contributed by atoms with Crippen molar-refractivity contribution in [2.24, 2.45) is 52.3 Å². The van der Waals surface area contributed by atoms with Crippen LogP contribution in [0, 0.1) is 52.3 Å². The first-order valence-corrected chi connectivity index (χ1v) is 17.6. The summed E-state index contributed by atoms with van der Waals surface area (Å²) in [5, 5.41) is 24.5. The van der Waals surface area contributed by atoms with Gasteiger partial charge in [0.25, 0.3) is 0 Å². The predicted molar refractivity (Wildman–Crippen MR) is 140 cm³/mol. The van der Waals surface area contributed by atoms with Gasteiger partial charge in [0.2, 0.25) is 0 Å². The van der Waals surface area contributed by atoms with Gasteiger partial charge in [-0.05, 0) is 110 Å². The molecule has 6 aliphatic carbocycles. The van der Waals surface area contributed by atoms with Gasteiger partial charge in [0, 0.05) is 24.9 Å². The second-order valence-electron chi connectivity index (χ2n) is 15.9. The van der Waals surface area contributed by atoms with Gasteiger partial charge in [0.05, 0.1) is 11.2 Å². The lowest BCUT2D eigenvalue weighted by Crippen LogP contribution is -2.65. The first kappa shape index (κ1) is 25.1. The molecule has 2 N–H and O–H groups in total. The fourth-order valence-electron chi connectivity index (χ4n) is 10.5. The molecule has 0 aliphatic heterocycles. The summed E-state index contributed by atoms with van der Waals surface area (Å²) in [5.74, 6) is 4.00. The molecule has 6 saturated carbocycles. The van der Waals surface area contributed by atoms with Crippen LogP contribution in [0.5, 0.6) is 0 Å². The van der Waals surface area contributed by atoms with E-state index in [1.165, 1.54) is 6.42 Å². The van der Waals surface area contributed by atoms with Crippen LogP contribution in [0.15, 0.2) is 0 Å². The van der Waals surface area contributed by atoms with Crippen LogP contribution < -0.4 is 0 Å². The van der Waals surface area contributed by atoms with Crippen LogP contribution in [0.1, 0.15) is 92.4 Å². The summed E-state index contributed by atoms with van der Waals surface area (Å²) in [6.07, 6.45) is 8.19. The van der Waals surface area contributed by atoms with Crippen molar-refractivity contribution in [3.8, 4) is 0 Å². The van der Waals surface area contributed by atoms with Gasteiger partial charge in [-0.2, -0.15) is 0 Å². The van der Waals surface area contributed by atoms with Gasteiger partial charge in [-0.3, -0.25) is 4.79 Å². The van der Waals surface area contributed by atoms with E-state index in [1.807, 2.05) is 0 Å². The number of fused-ring (bicyclic) bond motifs is 10. The van der Waals surface area contributed by atoms with E-state index in [1.54, 1.807) is 0 Å².